The van der Waals surface area contributed by atoms with Gasteiger partial charge in [0.25, 0.3) is 0 Å². The van der Waals surface area contributed by atoms with E-state index in [0.717, 1.165) is 27.8 Å². The van der Waals surface area contributed by atoms with Crippen molar-refractivity contribution in [2.45, 2.75) is 39.7 Å². The summed E-state index contributed by atoms with van der Waals surface area (Å²) in [6, 6.07) is 13.3. The fraction of sp³-hybridized carbons (Fsp3) is 0.389. The van der Waals surface area contributed by atoms with Crippen LogP contribution in [0.25, 0.3) is 17.0 Å². The molecule has 0 radical (unpaired) electrons. The van der Waals surface area contributed by atoms with Crippen molar-refractivity contribution < 1.29 is 14.0 Å². The van der Waals surface area contributed by atoms with E-state index in [1.54, 1.807) is 28.9 Å². The Morgan fingerprint density at radius 1 is 1.12 bits per heavy atom. The molecular formula is C36H43N9O4. The molecule has 0 spiro atoms. The zero-order valence-electron chi connectivity index (χ0n) is 28.4. The Morgan fingerprint density at radius 2 is 1.88 bits per heavy atom. The van der Waals surface area contributed by atoms with Crippen LogP contribution in [-0.4, -0.2) is 86.2 Å². The summed E-state index contributed by atoms with van der Waals surface area (Å²) in [6.07, 6.45) is 7.00. The number of carbonyl (C=O) groups excluding carboxylic acids is 2. The normalized spacial score (nSPS) is 16.6. The SMILES string of the molecule is CCN(C(=O)[C@@H]1CCN(CC(=O)N2CC=C(c3ccc(-c4nn(C)c(=O)o4)cc3)CC2)C1)c1ccc(N)c(C(=N)c2cnn(C(C)C)c2)c1. The number of anilines is 2. The Bertz CT molecular complexity index is 1950. The number of nitrogen functional groups attached to an aromatic ring is 1. The molecule has 2 aromatic heterocycles. The quantitative estimate of drug-likeness (QED) is 0.191. The Kier molecular flexibility index (Phi) is 9.63. The molecule has 4 heterocycles. The molecule has 0 saturated carbocycles. The van der Waals surface area contributed by atoms with Crippen molar-refractivity contribution in [1.29, 1.82) is 5.41 Å². The number of nitrogens with zero attached hydrogens (tertiary/aromatic N) is 7. The van der Waals surface area contributed by atoms with Gasteiger partial charge in [0.1, 0.15) is 0 Å². The smallest absolute Gasteiger partial charge is 0.398 e. The first-order chi connectivity index (χ1) is 23.5. The molecule has 2 amide bonds. The zero-order valence-corrected chi connectivity index (χ0v) is 28.4. The second-order valence-electron chi connectivity index (χ2n) is 12.9. The first-order valence-corrected chi connectivity index (χ1v) is 16.7. The van der Waals surface area contributed by atoms with Gasteiger partial charge in [0.2, 0.25) is 17.7 Å². The van der Waals surface area contributed by atoms with Crippen LogP contribution < -0.4 is 16.4 Å². The Labute approximate surface area is 285 Å². The van der Waals surface area contributed by atoms with Gasteiger partial charge in [-0.1, -0.05) is 18.2 Å². The summed E-state index contributed by atoms with van der Waals surface area (Å²) in [6.45, 7) is 9.08. The minimum Gasteiger partial charge on any atom is -0.398 e. The van der Waals surface area contributed by atoms with E-state index in [1.165, 1.54) is 0 Å². The van der Waals surface area contributed by atoms with Crippen LogP contribution in [0, 0.1) is 11.3 Å². The summed E-state index contributed by atoms with van der Waals surface area (Å²) in [5, 5.41) is 17.3. The largest absolute Gasteiger partial charge is 0.437 e. The molecule has 4 aromatic rings. The molecule has 1 saturated heterocycles. The van der Waals surface area contributed by atoms with Crippen LogP contribution in [0.1, 0.15) is 56.3 Å². The van der Waals surface area contributed by atoms with Gasteiger partial charge in [-0.2, -0.15) is 9.78 Å². The number of amides is 2. The van der Waals surface area contributed by atoms with Crippen molar-refractivity contribution in [3.63, 3.8) is 0 Å². The van der Waals surface area contributed by atoms with Crippen LogP contribution >= 0.6 is 0 Å². The molecule has 0 aliphatic carbocycles. The van der Waals surface area contributed by atoms with Crippen LogP contribution in [0.5, 0.6) is 0 Å². The molecule has 2 aromatic carbocycles. The van der Waals surface area contributed by atoms with Gasteiger partial charge in [-0.05, 0) is 81.6 Å². The van der Waals surface area contributed by atoms with Crippen molar-refractivity contribution in [3.8, 4) is 11.5 Å². The summed E-state index contributed by atoms with van der Waals surface area (Å²) in [5.41, 5.74) is 11.9. The lowest BCUT2D eigenvalue weighted by molar-refractivity contribution is -0.132. The molecular weight excluding hydrogens is 622 g/mol. The summed E-state index contributed by atoms with van der Waals surface area (Å²) in [5.74, 6) is -0.389. The first kappa shape index (κ1) is 33.6. The van der Waals surface area contributed by atoms with E-state index < -0.39 is 5.76 Å². The van der Waals surface area contributed by atoms with Gasteiger partial charge < -0.3 is 20.0 Å². The number of nitrogens with two attached hydrogens (primary N) is 1. The number of carbonyl (C=O) groups is 2. The lowest BCUT2D eigenvalue weighted by atomic mass is 9.98. The monoisotopic (exact) mass is 665 g/mol. The van der Waals surface area contributed by atoms with Crippen molar-refractivity contribution in [3.05, 3.63) is 88.2 Å². The highest BCUT2D eigenvalue weighted by Crippen LogP contribution is 2.29. The molecule has 13 nitrogen and oxygen atoms in total. The standard InChI is InChI=1S/C36H43N9O4/c1-5-44(29-10-11-31(37)30(18-29)33(38)28-19-39-45(21-28)23(2)3)35(47)27-12-15-42(20-27)22-32(46)43-16-13-25(14-17-43)24-6-8-26(9-7-24)34-40-41(4)36(48)49-34/h6-11,13,18-19,21,23,27,38H,5,12,14-17,20,22,37H2,1-4H3/t27-/m1/s1. The van der Waals surface area contributed by atoms with Crippen LogP contribution in [0.4, 0.5) is 11.4 Å². The second kappa shape index (κ2) is 14.0. The topological polar surface area (TPSA) is 160 Å². The van der Waals surface area contributed by atoms with E-state index in [0.29, 0.717) is 61.6 Å². The molecule has 13 heteroatoms. The van der Waals surface area contributed by atoms with Gasteiger partial charge in [0, 0.05) is 73.5 Å². The van der Waals surface area contributed by atoms with E-state index in [4.69, 9.17) is 15.6 Å². The maximum absolute atomic E-state index is 13.8. The van der Waals surface area contributed by atoms with Crippen molar-refractivity contribution in [2.24, 2.45) is 13.0 Å². The summed E-state index contributed by atoms with van der Waals surface area (Å²) in [7, 11) is 1.55. The number of rotatable bonds is 10. The van der Waals surface area contributed by atoms with Crippen LogP contribution in [0.15, 0.2) is 70.1 Å². The van der Waals surface area contributed by atoms with E-state index in [-0.39, 0.29) is 41.9 Å². The second-order valence-corrected chi connectivity index (χ2v) is 12.9. The number of hydrogen-bond donors (Lipinski definition) is 2. The fourth-order valence-corrected chi connectivity index (χ4v) is 6.44. The number of benzene rings is 2. The fourth-order valence-electron chi connectivity index (χ4n) is 6.44. The summed E-state index contributed by atoms with van der Waals surface area (Å²) in [4.78, 5) is 44.4. The molecule has 1 fully saturated rings. The summed E-state index contributed by atoms with van der Waals surface area (Å²) >= 11 is 0. The third-order valence-electron chi connectivity index (χ3n) is 9.35. The first-order valence-electron chi connectivity index (χ1n) is 16.7. The lowest BCUT2D eigenvalue weighted by Gasteiger charge is -2.29. The minimum absolute atomic E-state index is 0.00841. The predicted molar refractivity (Wildman–Crippen MR) is 188 cm³/mol. The molecule has 3 N–H and O–H groups in total. The summed E-state index contributed by atoms with van der Waals surface area (Å²) < 4.78 is 8.14. The van der Waals surface area contributed by atoms with Crippen LogP contribution in [0.2, 0.25) is 0 Å². The highest BCUT2D eigenvalue weighted by atomic mass is 16.4. The van der Waals surface area contributed by atoms with Gasteiger partial charge in [-0.15, -0.1) is 5.10 Å². The molecule has 0 unspecified atom stereocenters. The minimum atomic E-state index is -0.504. The van der Waals surface area contributed by atoms with Gasteiger partial charge in [-0.3, -0.25) is 24.6 Å². The zero-order chi connectivity index (χ0) is 34.8. The van der Waals surface area contributed by atoms with E-state index in [2.05, 4.69) is 21.2 Å². The van der Waals surface area contributed by atoms with E-state index in [9.17, 15) is 14.4 Å². The lowest BCUT2D eigenvalue weighted by Crippen LogP contribution is -2.42. The average molecular weight is 666 g/mol. The Morgan fingerprint density at radius 3 is 2.51 bits per heavy atom. The van der Waals surface area contributed by atoms with Crippen molar-refractivity contribution >= 4 is 34.5 Å². The molecule has 256 valence electrons. The number of aryl methyl sites for hydroxylation is 1. The Balaban J connectivity index is 1.04. The van der Waals surface area contributed by atoms with E-state index in [1.807, 2.05) is 68.3 Å². The number of hydrogen-bond acceptors (Lipinski definition) is 9. The van der Waals surface area contributed by atoms with Gasteiger partial charge in [0.15, 0.2) is 0 Å². The molecule has 6 rings (SSSR count). The molecule has 49 heavy (non-hydrogen) atoms. The highest BCUT2D eigenvalue weighted by molar-refractivity contribution is 6.14. The average Bonchev–Trinajstić information content (AvgIpc) is 3.86. The van der Waals surface area contributed by atoms with Gasteiger partial charge in [0.05, 0.1) is 24.4 Å². The van der Waals surface area contributed by atoms with E-state index >= 15 is 0 Å². The third-order valence-corrected chi connectivity index (χ3v) is 9.35. The molecule has 2 aliphatic heterocycles. The van der Waals surface area contributed by atoms with Gasteiger partial charge in [-0.25, -0.2) is 4.79 Å². The molecule has 1 atom stereocenters. The highest BCUT2D eigenvalue weighted by Gasteiger charge is 2.33. The predicted octanol–water partition coefficient (Wildman–Crippen LogP) is 3.81. The maximum Gasteiger partial charge on any atom is 0.437 e. The third kappa shape index (κ3) is 7.12. The Hall–Kier alpha value is -5.30. The molecule has 0 bridgehead atoms. The van der Waals surface area contributed by atoms with Crippen LogP contribution in [0.3, 0.4) is 0 Å². The number of nitrogens with one attached hydrogen (secondary N) is 1. The van der Waals surface area contributed by atoms with Crippen molar-refractivity contribution in [2.75, 3.05) is 49.9 Å². The number of likely N-dealkylation sites (tertiary alicyclic amines) is 1. The van der Waals surface area contributed by atoms with Crippen LogP contribution in [-0.2, 0) is 16.6 Å². The maximum atomic E-state index is 13.8. The van der Waals surface area contributed by atoms with Gasteiger partial charge >= 0.3 is 5.76 Å². The van der Waals surface area contributed by atoms with Crippen molar-refractivity contribution in [1.82, 2.24) is 29.4 Å². The molecule has 2 aliphatic rings. The number of aromatic nitrogens is 4.